The highest BCUT2D eigenvalue weighted by atomic mass is 16.5. The summed E-state index contributed by atoms with van der Waals surface area (Å²) >= 11 is 0. The van der Waals surface area contributed by atoms with E-state index in [1.54, 1.807) is 0 Å². The van der Waals surface area contributed by atoms with E-state index in [0.29, 0.717) is 26.0 Å². The molecule has 0 aliphatic rings. The maximum absolute atomic E-state index is 11.8. The lowest BCUT2D eigenvalue weighted by molar-refractivity contribution is -0.122. The first-order valence-electron chi connectivity index (χ1n) is 7.88. The summed E-state index contributed by atoms with van der Waals surface area (Å²) in [6.07, 6.45) is 1.14. The van der Waals surface area contributed by atoms with Gasteiger partial charge in [0, 0.05) is 18.5 Å². The topological polar surface area (TPSA) is 64.3 Å². The first kappa shape index (κ1) is 18.5. The number of carbonyl (C=O) groups is 1. The number of hydrogen-bond acceptors (Lipinski definition) is 3. The van der Waals surface area contributed by atoms with Crippen molar-refractivity contribution in [1.29, 1.82) is 0 Å². The molecule has 0 spiro atoms. The Morgan fingerprint density at radius 3 is 2.23 bits per heavy atom. The van der Waals surface area contributed by atoms with E-state index >= 15 is 0 Å². The van der Waals surface area contributed by atoms with Crippen molar-refractivity contribution in [3.05, 3.63) is 29.8 Å². The molecule has 0 fully saturated rings. The van der Waals surface area contributed by atoms with Crippen molar-refractivity contribution in [2.45, 2.75) is 58.4 Å². The molecule has 22 heavy (non-hydrogen) atoms. The van der Waals surface area contributed by atoms with Crippen LogP contribution in [0.25, 0.3) is 0 Å². The van der Waals surface area contributed by atoms with Gasteiger partial charge in [0.2, 0.25) is 5.91 Å². The van der Waals surface area contributed by atoms with Gasteiger partial charge in [0.1, 0.15) is 5.75 Å². The average molecular weight is 306 g/mol. The van der Waals surface area contributed by atoms with Crippen molar-refractivity contribution in [3.63, 3.8) is 0 Å². The number of amides is 1. The number of rotatable bonds is 7. The summed E-state index contributed by atoms with van der Waals surface area (Å²) in [5.41, 5.74) is 6.67. The monoisotopic (exact) mass is 306 g/mol. The van der Waals surface area contributed by atoms with Gasteiger partial charge in [0.15, 0.2) is 0 Å². The van der Waals surface area contributed by atoms with E-state index in [9.17, 15) is 4.79 Å². The van der Waals surface area contributed by atoms with Crippen LogP contribution in [0.5, 0.6) is 5.75 Å². The van der Waals surface area contributed by atoms with E-state index in [1.807, 2.05) is 26.0 Å². The SMILES string of the molecule is CC(C)(CN)NC(=O)CCCOc1ccc(C(C)(C)C)cc1. The lowest BCUT2D eigenvalue weighted by Crippen LogP contribution is -2.48. The Balaban J connectivity index is 2.32. The van der Waals surface area contributed by atoms with Crippen LogP contribution in [0.15, 0.2) is 24.3 Å². The Bertz CT molecular complexity index is 473. The minimum Gasteiger partial charge on any atom is -0.494 e. The number of hydrogen-bond donors (Lipinski definition) is 2. The highest BCUT2D eigenvalue weighted by Gasteiger charge is 2.17. The van der Waals surface area contributed by atoms with Crippen LogP contribution >= 0.6 is 0 Å². The maximum Gasteiger partial charge on any atom is 0.220 e. The van der Waals surface area contributed by atoms with Crippen LogP contribution < -0.4 is 15.8 Å². The van der Waals surface area contributed by atoms with Gasteiger partial charge in [-0.05, 0) is 43.4 Å². The first-order valence-corrected chi connectivity index (χ1v) is 7.88. The van der Waals surface area contributed by atoms with Gasteiger partial charge < -0.3 is 15.8 Å². The van der Waals surface area contributed by atoms with Crippen LogP contribution in [0.2, 0.25) is 0 Å². The third-order valence-electron chi connectivity index (χ3n) is 3.53. The van der Waals surface area contributed by atoms with E-state index in [4.69, 9.17) is 10.5 Å². The van der Waals surface area contributed by atoms with Gasteiger partial charge >= 0.3 is 0 Å². The summed E-state index contributed by atoms with van der Waals surface area (Å²) < 4.78 is 5.68. The number of ether oxygens (including phenoxy) is 1. The van der Waals surface area contributed by atoms with Gasteiger partial charge in [-0.2, -0.15) is 0 Å². The zero-order chi connectivity index (χ0) is 16.8. The van der Waals surface area contributed by atoms with Crippen LogP contribution in [0.4, 0.5) is 0 Å². The molecule has 1 aromatic carbocycles. The summed E-state index contributed by atoms with van der Waals surface area (Å²) in [7, 11) is 0. The van der Waals surface area contributed by atoms with Gasteiger partial charge in [0.25, 0.3) is 0 Å². The molecule has 124 valence electrons. The second kappa shape index (κ2) is 7.63. The van der Waals surface area contributed by atoms with Gasteiger partial charge in [0.05, 0.1) is 6.61 Å². The number of nitrogens with one attached hydrogen (secondary N) is 1. The number of carbonyl (C=O) groups excluding carboxylic acids is 1. The molecule has 0 saturated heterocycles. The van der Waals surface area contributed by atoms with Crippen molar-refractivity contribution >= 4 is 5.91 Å². The fourth-order valence-electron chi connectivity index (χ4n) is 1.96. The largest absolute Gasteiger partial charge is 0.494 e. The average Bonchev–Trinajstić information content (AvgIpc) is 2.43. The fraction of sp³-hybridized carbons (Fsp3) is 0.611. The lowest BCUT2D eigenvalue weighted by atomic mass is 9.87. The van der Waals surface area contributed by atoms with Crippen LogP contribution in [0.1, 0.15) is 53.0 Å². The van der Waals surface area contributed by atoms with E-state index in [-0.39, 0.29) is 16.9 Å². The fourth-order valence-corrected chi connectivity index (χ4v) is 1.96. The Morgan fingerprint density at radius 2 is 1.73 bits per heavy atom. The highest BCUT2D eigenvalue weighted by molar-refractivity contribution is 5.76. The Labute approximate surface area is 134 Å². The number of nitrogens with two attached hydrogens (primary N) is 1. The first-order chi connectivity index (χ1) is 10.1. The minimum absolute atomic E-state index is 0.0159. The Kier molecular flexibility index (Phi) is 6.42. The summed E-state index contributed by atoms with van der Waals surface area (Å²) in [5.74, 6) is 0.859. The summed E-state index contributed by atoms with van der Waals surface area (Å²) in [5, 5.41) is 2.91. The van der Waals surface area contributed by atoms with Crippen LogP contribution in [0, 0.1) is 0 Å². The van der Waals surface area contributed by atoms with Crippen molar-refractivity contribution in [3.8, 4) is 5.75 Å². The third kappa shape index (κ3) is 6.48. The summed E-state index contributed by atoms with van der Waals surface area (Å²) in [6, 6.07) is 8.15. The van der Waals surface area contributed by atoms with E-state index in [2.05, 4.69) is 38.2 Å². The molecule has 0 bridgehead atoms. The molecule has 0 aliphatic carbocycles. The molecule has 4 heteroatoms. The summed E-state index contributed by atoms with van der Waals surface area (Å²) in [4.78, 5) is 11.8. The zero-order valence-electron chi connectivity index (χ0n) is 14.5. The standard InChI is InChI=1S/C18H30N2O2/c1-17(2,3)14-8-10-15(11-9-14)22-12-6-7-16(21)20-18(4,5)13-19/h8-11H,6-7,12-13,19H2,1-5H3,(H,20,21). The van der Waals surface area contributed by atoms with Gasteiger partial charge in [-0.3, -0.25) is 4.79 Å². The molecule has 0 unspecified atom stereocenters. The third-order valence-corrected chi connectivity index (χ3v) is 3.53. The van der Waals surface area contributed by atoms with Crippen molar-refractivity contribution in [2.24, 2.45) is 5.73 Å². The zero-order valence-corrected chi connectivity index (χ0v) is 14.5. The molecule has 0 saturated carbocycles. The van der Waals surface area contributed by atoms with E-state index < -0.39 is 0 Å². The molecule has 1 amide bonds. The lowest BCUT2D eigenvalue weighted by Gasteiger charge is -2.24. The quantitative estimate of drug-likeness (QED) is 0.761. The maximum atomic E-state index is 11.8. The smallest absolute Gasteiger partial charge is 0.220 e. The number of benzene rings is 1. The predicted molar refractivity (Wildman–Crippen MR) is 91.1 cm³/mol. The van der Waals surface area contributed by atoms with Crippen molar-refractivity contribution in [1.82, 2.24) is 5.32 Å². The molecule has 4 nitrogen and oxygen atoms in total. The predicted octanol–water partition coefficient (Wildman–Crippen LogP) is 3.00. The molecule has 1 aromatic rings. The van der Waals surface area contributed by atoms with Crippen LogP contribution in [-0.4, -0.2) is 24.6 Å². The van der Waals surface area contributed by atoms with Crippen molar-refractivity contribution in [2.75, 3.05) is 13.2 Å². The second-order valence-electron chi connectivity index (χ2n) is 7.36. The van der Waals surface area contributed by atoms with Crippen LogP contribution in [-0.2, 0) is 10.2 Å². The molecule has 3 N–H and O–H groups in total. The van der Waals surface area contributed by atoms with E-state index in [1.165, 1.54) is 5.56 Å². The van der Waals surface area contributed by atoms with Crippen molar-refractivity contribution < 1.29 is 9.53 Å². The minimum atomic E-state index is -0.347. The molecule has 0 aliphatic heterocycles. The summed E-state index contributed by atoms with van der Waals surface area (Å²) in [6.45, 7) is 11.3. The second-order valence-corrected chi connectivity index (χ2v) is 7.36. The molecule has 0 heterocycles. The van der Waals surface area contributed by atoms with Gasteiger partial charge in [-0.1, -0.05) is 32.9 Å². The Morgan fingerprint density at radius 1 is 1.14 bits per heavy atom. The van der Waals surface area contributed by atoms with Crippen LogP contribution in [0.3, 0.4) is 0 Å². The van der Waals surface area contributed by atoms with Gasteiger partial charge in [-0.25, -0.2) is 0 Å². The molecular formula is C18H30N2O2. The van der Waals surface area contributed by atoms with Gasteiger partial charge in [-0.15, -0.1) is 0 Å². The molecule has 0 aromatic heterocycles. The Hall–Kier alpha value is -1.55. The molecule has 0 atom stereocenters. The molecule has 0 radical (unpaired) electrons. The highest BCUT2D eigenvalue weighted by Crippen LogP contribution is 2.24. The molecule has 1 rings (SSSR count). The van der Waals surface area contributed by atoms with E-state index in [0.717, 1.165) is 5.75 Å². The normalized spacial score (nSPS) is 12.1. The molecular weight excluding hydrogens is 276 g/mol.